The lowest BCUT2D eigenvalue weighted by Gasteiger charge is -1.98. The first-order valence-corrected chi connectivity index (χ1v) is 3.62. The van der Waals surface area contributed by atoms with E-state index in [0.717, 1.165) is 0 Å². The van der Waals surface area contributed by atoms with Gasteiger partial charge in [0.05, 0.1) is 5.02 Å². The van der Waals surface area contributed by atoms with Crippen molar-refractivity contribution in [3.8, 4) is 5.75 Å². The molecule has 0 atom stereocenters. The van der Waals surface area contributed by atoms with E-state index < -0.39 is 11.6 Å². The average molecular weight is 225 g/mol. The average Bonchev–Trinajstić information content (AvgIpc) is 1.93. The molecule has 1 aromatic carbocycles. The van der Waals surface area contributed by atoms with Gasteiger partial charge in [-0.1, -0.05) is 11.6 Å². The van der Waals surface area contributed by atoms with E-state index in [9.17, 15) is 4.39 Å². The molecule has 0 aromatic heterocycles. The van der Waals surface area contributed by atoms with Gasteiger partial charge >= 0.3 is 0 Å². The molecule has 0 saturated carbocycles. The topological polar surface area (TPSA) is 20.2 Å². The Morgan fingerprint density at radius 2 is 2.10 bits per heavy atom. The molecule has 1 nitrogen and oxygen atoms in total. The van der Waals surface area contributed by atoms with Gasteiger partial charge in [0.2, 0.25) is 0 Å². The van der Waals surface area contributed by atoms with Crippen LogP contribution >= 0.6 is 27.5 Å². The number of phenols is 1. The predicted octanol–water partition coefficient (Wildman–Crippen LogP) is 2.95. The minimum atomic E-state index is -0.795. The van der Waals surface area contributed by atoms with Crippen molar-refractivity contribution >= 4 is 27.5 Å². The van der Waals surface area contributed by atoms with E-state index in [-0.39, 0.29) is 5.02 Å². The highest BCUT2D eigenvalue weighted by Gasteiger charge is 2.07. The standard InChI is InChI=1S/C6H3BrClFO/c7-3-1-2-4(10)6(9)5(3)8/h1-2,10H. The van der Waals surface area contributed by atoms with Crippen LogP contribution in [0.15, 0.2) is 16.6 Å². The van der Waals surface area contributed by atoms with E-state index in [1.807, 2.05) is 0 Å². The van der Waals surface area contributed by atoms with Crippen molar-refractivity contribution in [1.82, 2.24) is 0 Å². The summed E-state index contributed by atoms with van der Waals surface area (Å²) in [7, 11) is 0. The maximum atomic E-state index is 12.6. The Kier molecular flexibility index (Phi) is 2.16. The Morgan fingerprint density at radius 1 is 1.50 bits per heavy atom. The lowest BCUT2D eigenvalue weighted by atomic mass is 10.3. The summed E-state index contributed by atoms with van der Waals surface area (Å²) in [6.45, 7) is 0. The zero-order valence-corrected chi connectivity index (χ0v) is 7.08. The second kappa shape index (κ2) is 2.76. The van der Waals surface area contributed by atoms with Gasteiger partial charge in [0.15, 0.2) is 11.6 Å². The summed E-state index contributed by atoms with van der Waals surface area (Å²) in [5.74, 6) is -1.23. The second-order valence-corrected chi connectivity index (χ2v) is 2.93. The normalized spacial score (nSPS) is 9.90. The smallest absolute Gasteiger partial charge is 0.184 e. The van der Waals surface area contributed by atoms with Crippen molar-refractivity contribution in [2.45, 2.75) is 0 Å². The molecule has 1 rings (SSSR count). The summed E-state index contributed by atoms with van der Waals surface area (Å²) in [6, 6.07) is 2.70. The molecule has 0 fully saturated rings. The molecular weight excluding hydrogens is 222 g/mol. The third-order valence-electron chi connectivity index (χ3n) is 1.01. The Balaban J connectivity index is 3.34. The first-order valence-electron chi connectivity index (χ1n) is 2.45. The van der Waals surface area contributed by atoms with E-state index in [4.69, 9.17) is 16.7 Å². The minimum absolute atomic E-state index is 0.0972. The number of hydrogen-bond donors (Lipinski definition) is 1. The minimum Gasteiger partial charge on any atom is -0.505 e. The summed E-state index contributed by atoms with van der Waals surface area (Å²) < 4.78 is 13.0. The van der Waals surface area contributed by atoms with Crippen molar-refractivity contribution in [2.75, 3.05) is 0 Å². The number of phenolic OH excluding ortho intramolecular Hbond substituents is 1. The maximum absolute atomic E-state index is 12.6. The third-order valence-corrected chi connectivity index (χ3v) is 2.27. The molecule has 54 valence electrons. The van der Waals surface area contributed by atoms with Gasteiger partial charge in [-0.15, -0.1) is 0 Å². The zero-order valence-electron chi connectivity index (χ0n) is 4.74. The van der Waals surface area contributed by atoms with Crippen LogP contribution in [0.3, 0.4) is 0 Å². The van der Waals surface area contributed by atoms with Crippen molar-refractivity contribution < 1.29 is 9.50 Å². The van der Waals surface area contributed by atoms with Crippen molar-refractivity contribution in [3.05, 3.63) is 27.4 Å². The first kappa shape index (κ1) is 7.82. The van der Waals surface area contributed by atoms with Gasteiger partial charge in [-0.25, -0.2) is 4.39 Å². The van der Waals surface area contributed by atoms with Crippen LogP contribution in [-0.4, -0.2) is 5.11 Å². The lowest BCUT2D eigenvalue weighted by Crippen LogP contribution is -1.78. The SMILES string of the molecule is Oc1ccc(Br)c(Cl)c1F. The summed E-state index contributed by atoms with van der Waals surface area (Å²) >= 11 is 8.40. The Morgan fingerprint density at radius 3 is 2.60 bits per heavy atom. The summed E-state index contributed by atoms with van der Waals surface area (Å²) in [6.07, 6.45) is 0. The van der Waals surface area contributed by atoms with Gasteiger partial charge in [-0.3, -0.25) is 0 Å². The van der Waals surface area contributed by atoms with Gasteiger partial charge in [0.25, 0.3) is 0 Å². The monoisotopic (exact) mass is 224 g/mol. The van der Waals surface area contributed by atoms with Crippen molar-refractivity contribution in [1.29, 1.82) is 0 Å². The van der Waals surface area contributed by atoms with E-state index in [2.05, 4.69) is 15.9 Å². The van der Waals surface area contributed by atoms with Gasteiger partial charge < -0.3 is 5.11 Å². The first-order chi connectivity index (χ1) is 4.63. The summed E-state index contributed by atoms with van der Waals surface area (Å²) in [5, 5.41) is 8.65. The molecule has 0 aliphatic carbocycles. The molecule has 10 heavy (non-hydrogen) atoms. The molecule has 1 N–H and O–H groups in total. The highest BCUT2D eigenvalue weighted by Crippen LogP contribution is 2.30. The van der Waals surface area contributed by atoms with E-state index in [0.29, 0.717) is 4.47 Å². The quantitative estimate of drug-likeness (QED) is 0.673. The molecule has 0 radical (unpaired) electrons. The van der Waals surface area contributed by atoms with Crippen molar-refractivity contribution in [2.24, 2.45) is 0 Å². The van der Waals surface area contributed by atoms with Crippen LogP contribution in [0.5, 0.6) is 5.75 Å². The van der Waals surface area contributed by atoms with Gasteiger partial charge in [0.1, 0.15) is 0 Å². The number of benzene rings is 1. The van der Waals surface area contributed by atoms with E-state index in [1.165, 1.54) is 12.1 Å². The van der Waals surface area contributed by atoms with Crippen molar-refractivity contribution in [3.63, 3.8) is 0 Å². The molecule has 4 heteroatoms. The Bertz CT molecular complexity index is 237. The summed E-state index contributed by atoms with van der Waals surface area (Å²) in [4.78, 5) is 0. The number of halogens is 3. The third kappa shape index (κ3) is 1.25. The highest BCUT2D eigenvalue weighted by molar-refractivity contribution is 9.10. The molecule has 0 amide bonds. The summed E-state index contributed by atoms with van der Waals surface area (Å²) in [5.41, 5.74) is 0. The molecular formula is C6H3BrClFO. The van der Waals surface area contributed by atoms with Crippen LogP contribution in [0.25, 0.3) is 0 Å². The molecule has 0 spiro atoms. The van der Waals surface area contributed by atoms with E-state index in [1.54, 1.807) is 0 Å². The van der Waals surface area contributed by atoms with E-state index >= 15 is 0 Å². The van der Waals surface area contributed by atoms with Gasteiger partial charge in [0, 0.05) is 4.47 Å². The fourth-order valence-corrected chi connectivity index (χ4v) is 0.982. The van der Waals surface area contributed by atoms with Crippen LogP contribution in [0.1, 0.15) is 0 Å². The fourth-order valence-electron chi connectivity index (χ4n) is 0.516. The Hall–Kier alpha value is -0.280. The molecule has 0 bridgehead atoms. The molecule has 0 aliphatic heterocycles. The number of hydrogen-bond acceptors (Lipinski definition) is 1. The molecule has 0 unspecified atom stereocenters. The fraction of sp³-hybridized carbons (Fsp3) is 0. The molecule has 0 heterocycles. The van der Waals surface area contributed by atoms with Crippen LogP contribution in [0.2, 0.25) is 5.02 Å². The molecule has 0 aliphatic rings. The lowest BCUT2D eigenvalue weighted by molar-refractivity contribution is 0.432. The molecule has 0 saturated heterocycles. The van der Waals surface area contributed by atoms with Gasteiger partial charge in [-0.05, 0) is 28.1 Å². The maximum Gasteiger partial charge on any atom is 0.184 e. The molecule has 1 aromatic rings. The number of aromatic hydroxyl groups is 1. The highest BCUT2D eigenvalue weighted by atomic mass is 79.9. The van der Waals surface area contributed by atoms with Crippen LogP contribution in [0, 0.1) is 5.82 Å². The van der Waals surface area contributed by atoms with Crippen LogP contribution < -0.4 is 0 Å². The second-order valence-electron chi connectivity index (χ2n) is 1.69. The Labute approximate surface area is 70.6 Å². The van der Waals surface area contributed by atoms with Crippen LogP contribution in [-0.2, 0) is 0 Å². The van der Waals surface area contributed by atoms with Crippen LogP contribution in [0.4, 0.5) is 4.39 Å². The predicted molar refractivity (Wildman–Crippen MR) is 40.8 cm³/mol. The number of rotatable bonds is 0. The largest absolute Gasteiger partial charge is 0.505 e. The zero-order chi connectivity index (χ0) is 7.72. The van der Waals surface area contributed by atoms with Gasteiger partial charge in [-0.2, -0.15) is 0 Å².